The molecule has 1 aromatic rings. The summed E-state index contributed by atoms with van der Waals surface area (Å²) in [5.74, 6) is 1.27. The number of nitrogens with zero attached hydrogens (tertiary/aromatic N) is 2. The number of ether oxygens (including phenoxy) is 2. The van der Waals surface area contributed by atoms with Gasteiger partial charge in [-0.25, -0.2) is 0 Å². The van der Waals surface area contributed by atoms with Crippen LogP contribution in [0.1, 0.15) is 0 Å². The number of allylic oxidation sites excluding steroid dienone is 1. The summed E-state index contributed by atoms with van der Waals surface area (Å²) >= 11 is 0. The minimum absolute atomic E-state index is 0.298. The molecule has 0 saturated heterocycles. The fraction of sp³-hybridized carbons (Fsp3) is 0.286. The average molecular weight is 167 g/mol. The van der Waals surface area contributed by atoms with Crippen LogP contribution in [0, 0.1) is 0 Å². The first kappa shape index (κ1) is 7.02. The molecular formula is C7H9N3O2. The number of anilines is 1. The molecule has 0 atom stereocenters. The van der Waals surface area contributed by atoms with Crippen LogP contribution in [0.5, 0.6) is 0 Å². The summed E-state index contributed by atoms with van der Waals surface area (Å²) in [6.45, 7) is 0.864. The first-order chi connectivity index (χ1) is 5.84. The Hall–Kier alpha value is -1.65. The molecule has 1 aromatic heterocycles. The topological polar surface area (TPSA) is 62.3 Å². The van der Waals surface area contributed by atoms with Gasteiger partial charge in [-0.2, -0.15) is 5.10 Å². The smallest absolute Gasteiger partial charge is 0.229 e. The number of aromatic nitrogens is 2. The second-order valence-electron chi connectivity index (χ2n) is 2.45. The van der Waals surface area contributed by atoms with E-state index < -0.39 is 0 Å². The maximum atomic E-state index is 5.43. The van der Waals surface area contributed by atoms with Crippen molar-refractivity contribution in [1.82, 2.24) is 9.78 Å². The molecule has 0 bridgehead atoms. The average Bonchev–Trinajstić information content (AvgIpc) is 2.63. The number of hydrogen-bond acceptors (Lipinski definition) is 4. The van der Waals surface area contributed by atoms with Crippen LogP contribution >= 0.6 is 0 Å². The van der Waals surface area contributed by atoms with Gasteiger partial charge in [-0.3, -0.25) is 4.68 Å². The van der Waals surface area contributed by atoms with Gasteiger partial charge in [0.25, 0.3) is 0 Å². The Morgan fingerprint density at radius 1 is 1.67 bits per heavy atom. The summed E-state index contributed by atoms with van der Waals surface area (Å²) in [4.78, 5) is 0. The van der Waals surface area contributed by atoms with Crippen LogP contribution in [0.4, 0.5) is 5.82 Å². The van der Waals surface area contributed by atoms with Crippen LogP contribution in [0.25, 0.3) is 0 Å². The van der Waals surface area contributed by atoms with Crippen molar-refractivity contribution in [1.29, 1.82) is 0 Å². The fourth-order valence-corrected chi connectivity index (χ4v) is 0.979. The molecule has 0 amide bonds. The summed E-state index contributed by atoms with van der Waals surface area (Å²) in [6.07, 6.45) is 3.37. The van der Waals surface area contributed by atoms with Crippen LogP contribution < -0.4 is 5.73 Å². The molecule has 2 N–H and O–H groups in total. The van der Waals surface area contributed by atoms with Gasteiger partial charge in [-0.1, -0.05) is 0 Å². The number of nitrogen functional groups attached to an aromatic ring is 1. The minimum Gasteiger partial charge on any atom is -0.462 e. The van der Waals surface area contributed by atoms with Crippen LogP contribution in [0.2, 0.25) is 0 Å². The molecule has 1 aliphatic heterocycles. The molecule has 1 aliphatic rings. The normalized spacial score (nSPS) is 15.2. The van der Waals surface area contributed by atoms with Crippen molar-refractivity contribution in [3.63, 3.8) is 0 Å². The van der Waals surface area contributed by atoms with E-state index in [1.165, 1.54) is 0 Å². The van der Waals surface area contributed by atoms with Crippen molar-refractivity contribution < 1.29 is 9.47 Å². The van der Waals surface area contributed by atoms with E-state index in [0.717, 1.165) is 5.76 Å². The lowest BCUT2D eigenvalue weighted by molar-refractivity contribution is 0.0762. The largest absolute Gasteiger partial charge is 0.462 e. The van der Waals surface area contributed by atoms with Gasteiger partial charge >= 0.3 is 0 Å². The highest BCUT2D eigenvalue weighted by Gasteiger charge is 2.06. The highest BCUT2D eigenvalue weighted by molar-refractivity contribution is 5.23. The predicted molar refractivity (Wildman–Crippen MR) is 41.8 cm³/mol. The van der Waals surface area contributed by atoms with Crippen molar-refractivity contribution >= 4 is 5.82 Å². The third-order valence-corrected chi connectivity index (χ3v) is 1.51. The zero-order valence-corrected chi connectivity index (χ0v) is 6.43. The first-order valence-corrected chi connectivity index (χ1v) is 3.57. The molecular weight excluding hydrogens is 158 g/mol. The molecule has 0 aliphatic carbocycles. The van der Waals surface area contributed by atoms with Crippen molar-refractivity contribution in [2.45, 2.75) is 6.54 Å². The molecule has 2 heterocycles. The highest BCUT2D eigenvalue weighted by Crippen LogP contribution is 2.09. The molecule has 5 heteroatoms. The molecule has 0 radical (unpaired) electrons. The molecule has 5 nitrogen and oxygen atoms in total. The van der Waals surface area contributed by atoms with Gasteiger partial charge in [0.05, 0.1) is 0 Å². The quantitative estimate of drug-likeness (QED) is 0.688. The van der Waals surface area contributed by atoms with E-state index >= 15 is 0 Å². The third-order valence-electron chi connectivity index (χ3n) is 1.51. The lowest BCUT2D eigenvalue weighted by atomic mass is 10.5. The third kappa shape index (κ3) is 1.34. The standard InChI is InChI=1S/C7H9N3O2/c8-7-1-2-10(9-7)3-6-4-11-5-12-6/h1-2,4H,3,5H2,(H2,8,9). The Morgan fingerprint density at radius 2 is 2.58 bits per heavy atom. The van der Waals surface area contributed by atoms with E-state index in [0.29, 0.717) is 19.2 Å². The van der Waals surface area contributed by atoms with Crippen molar-refractivity contribution in [2.24, 2.45) is 0 Å². The predicted octanol–water partition coefficient (Wildman–Crippen LogP) is 0.311. The van der Waals surface area contributed by atoms with E-state index in [4.69, 9.17) is 15.2 Å². The van der Waals surface area contributed by atoms with Crippen LogP contribution in [-0.2, 0) is 16.0 Å². The SMILES string of the molecule is Nc1ccn(CC2=COCO2)n1. The Labute approximate surface area is 69.4 Å². The molecule has 2 rings (SSSR count). The van der Waals surface area contributed by atoms with Crippen LogP contribution in [0.15, 0.2) is 24.3 Å². The van der Waals surface area contributed by atoms with Crippen LogP contribution in [0.3, 0.4) is 0 Å². The molecule has 12 heavy (non-hydrogen) atoms. The Morgan fingerprint density at radius 3 is 3.17 bits per heavy atom. The van der Waals surface area contributed by atoms with Crippen molar-refractivity contribution in [3.8, 4) is 0 Å². The van der Waals surface area contributed by atoms with E-state index in [2.05, 4.69) is 5.10 Å². The summed E-state index contributed by atoms with van der Waals surface area (Å²) < 4.78 is 11.7. The summed E-state index contributed by atoms with van der Waals surface area (Å²) in [5, 5.41) is 3.99. The highest BCUT2D eigenvalue weighted by atomic mass is 16.7. The van der Waals surface area contributed by atoms with Gasteiger partial charge in [0, 0.05) is 6.20 Å². The molecule has 0 spiro atoms. The second kappa shape index (κ2) is 2.77. The van der Waals surface area contributed by atoms with E-state index in [-0.39, 0.29) is 0 Å². The summed E-state index contributed by atoms with van der Waals surface area (Å²) in [5.41, 5.74) is 5.43. The fourth-order valence-electron chi connectivity index (χ4n) is 0.979. The van der Waals surface area contributed by atoms with Gasteiger partial charge in [0.1, 0.15) is 18.6 Å². The Balaban J connectivity index is 2.03. The van der Waals surface area contributed by atoms with E-state index in [1.54, 1.807) is 23.2 Å². The number of hydrogen-bond donors (Lipinski definition) is 1. The summed E-state index contributed by atoms with van der Waals surface area (Å²) in [6, 6.07) is 1.73. The molecule has 0 aromatic carbocycles. The van der Waals surface area contributed by atoms with Gasteiger partial charge in [0.2, 0.25) is 6.79 Å². The van der Waals surface area contributed by atoms with Gasteiger partial charge in [-0.05, 0) is 6.07 Å². The molecule has 0 unspecified atom stereocenters. The maximum absolute atomic E-state index is 5.43. The zero-order valence-electron chi connectivity index (χ0n) is 6.43. The Bertz CT molecular complexity index is 305. The zero-order chi connectivity index (χ0) is 8.39. The van der Waals surface area contributed by atoms with Gasteiger partial charge < -0.3 is 15.2 Å². The lowest BCUT2D eigenvalue weighted by Crippen LogP contribution is -2.02. The van der Waals surface area contributed by atoms with E-state index in [9.17, 15) is 0 Å². The second-order valence-corrected chi connectivity index (χ2v) is 2.45. The molecule has 0 saturated carbocycles. The monoisotopic (exact) mass is 167 g/mol. The number of nitrogens with two attached hydrogens (primary N) is 1. The van der Waals surface area contributed by atoms with Gasteiger partial charge in [-0.15, -0.1) is 0 Å². The number of rotatable bonds is 2. The van der Waals surface area contributed by atoms with Crippen LogP contribution in [-0.4, -0.2) is 16.6 Å². The maximum Gasteiger partial charge on any atom is 0.229 e. The van der Waals surface area contributed by atoms with Crippen molar-refractivity contribution in [3.05, 3.63) is 24.3 Å². The molecule has 64 valence electrons. The van der Waals surface area contributed by atoms with Crippen molar-refractivity contribution in [2.75, 3.05) is 12.5 Å². The molecule has 0 fully saturated rings. The van der Waals surface area contributed by atoms with E-state index in [1.807, 2.05) is 0 Å². The lowest BCUT2D eigenvalue weighted by Gasteiger charge is -2.00. The Kier molecular flexibility index (Phi) is 1.62. The minimum atomic E-state index is 0.298. The van der Waals surface area contributed by atoms with Gasteiger partial charge in [0.15, 0.2) is 5.76 Å². The summed E-state index contributed by atoms with van der Waals surface area (Å²) in [7, 11) is 0. The first-order valence-electron chi connectivity index (χ1n) is 3.57.